The largest absolute Gasteiger partial charge is 0.422 e. The summed E-state index contributed by atoms with van der Waals surface area (Å²) in [6.45, 7) is 3.96. The Kier molecular flexibility index (Phi) is 3.74. The number of aryl methyl sites for hydroxylation is 2. The molecule has 3 rings (SSSR count). The second kappa shape index (κ2) is 5.60. The average molecular weight is 333 g/mol. The first-order valence-corrected chi connectivity index (χ1v) is 8.35. The number of nitrogens with two attached hydrogens (primary N) is 1. The third-order valence-electron chi connectivity index (χ3n) is 3.19. The number of nitrogens with one attached hydrogen (secondary N) is 1. The van der Waals surface area contributed by atoms with Crippen molar-refractivity contribution in [3.8, 4) is 0 Å². The van der Waals surface area contributed by atoms with E-state index in [0.29, 0.717) is 35.3 Å². The first-order chi connectivity index (χ1) is 10.8. The number of hydrogen-bond acceptors (Lipinski definition) is 7. The zero-order chi connectivity index (χ0) is 16.6. The van der Waals surface area contributed by atoms with Crippen LogP contribution in [0.1, 0.15) is 17.3 Å². The van der Waals surface area contributed by atoms with Crippen molar-refractivity contribution in [2.24, 2.45) is 5.14 Å². The number of oxazole rings is 1. The highest BCUT2D eigenvalue weighted by Crippen LogP contribution is 2.21. The van der Waals surface area contributed by atoms with E-state index >= 15 is 0 Å². The van der Waals surface area contributed by atoms with Crippen molar-refractivity contribution in [2.75, 3.05) is 5.32 Å². The van der Waals surface area contributed by atoms with Gasteiger partial charge in [-0.1, -0.05) is 12.1 Å². The minimum atomic E-state index is -3.68. The summed E-state index contributed by atoms with van der Waals surface area (Å²) in [6, 6.07) is 6.30. The van der Waals surface area contributed by atoms with Crippen LogP contribution >= 0.6 is 0 Å². The van der Waals surface area contributed by atoms with E-state index in [-0.39, 0.29) is 4.90 Å². The van der Waals surface area contributed by atoms with Gasteiger partial charge in [0.2, 0.25) is 10.0 Å². The van der Waals surface area contributed by atoms with Gasteiger partial charge in [-0.2, -0.15) is 4.98 Å². The van der Waals surface area contributed by atoms with E-state index in [2.05, 4.69) is 20.3 Å². The highest BCUT2D eigenvalue weighted by atomic mass is 32.2. The van der Waals surface area contributed by atoms with Crippen LogP contribution in [0.15, 0.2) is 33.6 Å². The summed E-state index contributed by atoms with van der Waals surface area (Å²) in [5, 5.41) is 8.24. The molecule has 0 aliphatic rings. The van der Waals surface area contributed by atoms with Gasteiger partial charge in [0.15, 0.2) is 17.2 Å². The molecule has 8 nitrogen and oxygen atoms in total. The molecule has 0 bridgehead atoms. The van der Waals surface area contributed by atoms with Crippen LogP contribution < -0.4 is 10.5 Å². The van der Waals surface area contributed by atoms with Gasteiger partial charge in [0.1, 0.15) is 5.82 Å². The van der Waals surface area contributed by atoms with Gasteiger partial charge in [0.25, 0.3) is 5.71 Å². The SMILES string of the molecule is Cc1nc(NCc2ccc(S(N)(=O)=O)cc2)c2nc(C)oc2n1. The standard InChI is InChI=1S/C14H15N5O3S/c1-8-17-13(12-14(18-8)22-9(2)19-12)16-7-10-3-5-11(6-4-10)23(15,20)21/h3-6H,7H2,1-2H3,(H2,15,20,21)(H,16,17,18). The zero-order valence-electron chi connectivity index (χ0n) is 12.6. The molecule has 2 heterocycles. The third-order valence-corrected chi connectivity index (χ3v) is 4.12. The second-order valence-corrected chi connectivity index (χ2v) is 6.61. The molecule has 0 radical (unpaired) electrons. The summed E-state index contributed by atoms with van der Waals surface area (Å²) in [6.07, 6.45) is 0. The minimum absolute atomic E-state index is 0.0775. The highest BCUT2D eigenvalue weighted by molar-refractivity contribution is 7.89. The number of rotatable bonds is 4. The number of sulfonamides is 1. The van der Waals surface area contributed by atoms with Crippen molar-refractivity contribution >= 4 is 27.1 Å². The molecular weight excluding hydrogens is 318 g/mol. The van der Waals surface area contributed by atoms with Gasteiger partial charge in [-0.3, -0.25) is 0 Å². The summed E-state index contributed by atoms with van der Waals surface area (Å²) >= 11 is 0. The van der Waals surface area contributed by atoms with E-state index in [1.165, 1.54) is 12.1 Å². The molecule has 0 spiro atoms. The summed E-state index contributed by atoms with van der Waals surface area (Å²) < 4.78 is 27.9. The molecule has 23 heavy (non-hydrogen) atoms. The first-order valence-electron chi connectivity index (χ1n) is 6.80. The highest BCUT2D eigenvalue weighted by Gasteiger charge is 2.12. The maximum absolute atomic E-state index is 11.2. The van der Waals surface area contributed by atoms with Gasteiger partial charge >= 0.3 is 0 Å². The fourth-order valence-electron chi connectivity index (χ4n) is 2.14. The predicted octanol–water partition coefficient (Wildman–Crippen LogP) is 1.49. The molecular formula is C14H15N5O3S. The van der Waals surface area contributed by atoms with Crippen LogP contribution in [0.3, 0.4) is 0 Å². The second-order valence-electron chi connectivity index (χ2n) is 5.05. The van der Waals surface area contributed by atoms with E-state index in [1.54, 1.807) is 26.0 Å². The molecule has 0 unspecified atom stereocenters. The number of primary sulfonamides is 1. The Hall–Kier alpha value is -2.52. The molecule has 0 atom stereocenters. The van der Waals surface area contributed by atoms with Crippen molar-refractivity contribution < 1.29 is 12.8 Å². The number of fused-ring (bicyclic) bond motifs is 1. The molecule has 1 aromatic carbocycles. The maximum Gasteiger partial charge on any atom is 0.252 e. The van der Waals surface area contributed by atoms with Crippen LogP contribution in [0, 0.1) is 13.8 Å². The van der Waals surface area contributed by atoms with Gasteiger partial charge in [-0.15, -0.1) is 0 Å². The van der Waals surface area contributed by atoms with Crippen LogP contribution in [-0.4, -0.2) is 23.4 Å². The topological polar surface area (TPSA) is 124 Å². The normalized spacial score (nSPS) is 11.8. The molecule has 0 fully saturated rings. The van der Waals surface area contributed by atoms with E-state index in [9.17, 15) is 8.42 Å². The summed E-state index contributed by atoms with van der Waals surface area (Å²) in [5.41, 5.74) is 1.87. The van der Waals surface area contributed by atoms with E-state index in [0.717, 1.165) is 5.56 Å². The summed E-state index contributed by atoms with van der Waals surface area (Å²) in [5.74, 6) is 1.65. The average Bonchev–Trinajstić information content (AvgIpc) is 2.84. The van der Waals surface area contributed by atoms with Crippen LogP contribution in [0.25, 0.3) is 11.2 Å². The Bertz CT molecular complexity index is 964. The zero-order valence-corrected chi connectivity index (χ0v) is 13.4. The quantitative estimate of drug-likeness (QED) is 0.741. The maximum atomic E-state index is 11.2. The van der Waals surface area contributed by atoms with E-state index < -0.39 is 10.0 Å². The Morgan fingerprint density at radius 1 is 1.13 bits per heavy atom. The van der Waals surface area contributed by atoms with Crippen molar-refractivity contribution in [1.82, 2.24) is 15.0 Å². The Morgan fingerprint density at radius 2 is 1.83 bits per heavy atom. The Morgan fingerprint density at radius 3 is 2.48 bits per heavy atom. The van der Waals surface area contributed by atoms with Gasteiger partial charge in [-0.25, -0.2) is 23.5 Å². The molecule has 3 N–H and O–H groups in total. The lowest BCUT2D eigenvalue weighted by molar-refractivity contribution is 0.550. The molecule has 2 aromatic heterocycles. The number of hydrogen-bond donors (Lipinski definition) is 2. The van der Waals surface area contributed by atoms with Crippen LogP contribution in [-0.2, 0) is 16.6 Å². The molecule has 120 valence electrons. The monoisotopic (exact) mass is 333 g/mol. The van der Waals surface area contributed by atoms with Crippen molar-refractivity contribution in [2.45, 2.75) is 25.3 Å². The number of aromatic nitrogens is 3. The fraction of sp³-hybridized carbons (Fsp3) is 0.214. The molecule has 0 saturated carbocycles. The van der Waals surface area contributed by atoms with Gasteiger partial charge in [-0.05, 0) is 24.6 Å². The lowest BCUT2D eigenvalue weighted by Crippen LogP contribution is -2.12. The lowest BCUT2D eigenvalue weighted by Gasteiger charge is -2.07. The van der Waals surface area contributed by atoms with Gasteiger partial charge < -0.3 is 9.73 Å². The molecule has 0 saturated heterocycles. The molecule has 0 aliphatic carbocycles. The van der Waals surface area contributed by atoms with Gasteiger partial charge in [0, 0.05) is 13.5 Å². The first kappa shape index (κ1) is 15.4. The summed E-state index contributed by atoms with van der Waals surface area (Å²) in [4.78, 5) is 12.9. The van der Waals surface area contributed by atoms with Crippen molar-refractivity contribution in [3.05, 3.63) is 41.5 Å². The number of benzene rings is 1. The van der Waals surface area contributed by atoms with Crippen LogP contribution in [0.4, 0.5) is 5.82 Å². The van der Waals surface area contributed by atoms with Crippen molar-refractivity contribution in [3.63, 3.8) is 0 Å². The van der Waals surface area contributed by atoms with Crippen LogP contribution in [0.5, 0.6) is 0 Å². The molecule has 0 aliphatic heterocycles. The lowest BCUT2D eigenvalue weighted by atomic mass is 10.2. The Balaban J connectivity index is 1.83. The molecule has 9 heteroatoms. The fourth-order valence-corrected chi connectivity index (χ4v) is 2.65. The van der Waals surface area contributed by atoms with Gasteiger partial charge in [0.05, 0.1) is 4.90 Å². The minimum Gasteiger partial charge on any atom is -0.422 e. The molecule has 0 amide bonds. The van der Waals surface area contributed by atoms with E-state index in [1.807, 2.05) is 0 Å². The number of anilines is 1. The van der Waals surface area contributed by atoms with E-state index in [4.69, 9.17) is 9.56 Å². The smallest absolute Gasteiger partial charge is 0.252 e. The van der Waals surface area contributed by atoms with Crippen LogP contribution in [0.2, 0.25) is 0 Å². The predicted molar refractivity (Wildman–Crippen MR) is 84.2 cm³/mol. The summed E-state index contributed by atoms with van der Waals surface area (Å²) in [7, 11) is -3.68. The third kappa shape index (κ3) is 3.30. The Labute approximate surface area is 132 Å². The van der Waals surface area contributed by atoms with Crippen molar-refractivity contribution in [1.29, 1.82) is 0 Å². The molecule has 3 aromatic rings. The number of nitrogens with zero attached hydrogens (tertiary/aromatic N) is 3.